The molecule has 6 nitrogen and oxygen atoms in total. The van der Waals surface area contributed by atoms with Crippen LogP contribution in [-0.2, 0) is 18.6 Å². The molecule has 130 valence electrons. The van der Waals surface area contributed by atoms with Gasteiger partial charge in [0.05, 0.1) is 18.6 Å². The highest BCUT2D eigenvalue weighted by Crippen LogP contribution is 2.22. The highest BCUT2D eigenvalue weighted by molar-refractivity contribution is 7.98. The fourth-order valence-electron chi connectivity index (χ4n) is 2.45. The van der Waals surface area contributed by atoms with Gasteiger partial charge in [0.1, 0.15) is 0 Å². The van der Waals surface area contributed by atoms with Crippen LogP contribution in [0.25, 0.3) is 0 Å². The Kier molecular flexibility index (Phi) is 5.07. The Bertz CT molecular complexity index is 874. The number of hydrogen-bond donors (Lipinski definition) is 0. The number of rotatable bonds is 7. The van der Waals surface area contributed by atoms with E-state index in [0.29, 0.717) is 41.5 Å². The summed E-state index contributed by atoms with van der Waals surface area (Å²) in [6.45, 7) is 0. The van der Waals surface area contributed by atoms with Crippen molar-refractivity contribution < 1.29 is 8.83 Å². The summed E-state index contributed by atoms with van der Waals surface area (Å²) in [7, 11) is 0. The number of aromatic nitrogens is 4. The Morgan fingerprint density at radius 2 is 1.15 bits per heavy atom. The molecule has 2 heterocycles. The van der Waals surface area contributed by atoms with Crippen molar-refractivity contribution in [3.05, 3.63) is 89.5 Å². The van der Waals surface area contributed by atoms with Gasteiger partial charge in [-0.05, 0) is 11.1 Å². The second-order valence-electron chi connectivity index (χ2n) is 5.66. The van der Waals surface area contributed by atoms with Gasteiger partial charge in [-0.25, -0.2) is 0 Å². The molecule has 2 aromatic carbocycles. The lowest BCUT2D eigenvalue weighted by Gasteiger charge is -1.95. The third kappa shape index (κ3) is 4.37. The molecule has 0 atom stereocenters. The fraction of sp³-hybridized carbons (Fsp3) is 0.158. The van der Waals surface area contributed by atoms with Crippen LogP contribution in [0, 0.1) is 0 Å². The highest BCUT2D eigenvalue weighted by atomic mass is 32.2. The van der Waals surface area contributed by atoms with Gasteiger partial charge in [0.15, 0.2) is 0 Å². The molecule has 26 heavy (non-hydrogen) atoms. The molecular weight excluding hydrogens is 348 g/mol. The lowest BCUT2D eigenvalue weighted by Crippen LogP contribution is -1.87. The number of thioether (sulfide) groups is 1. The summed E-state index contributed by atoms with van der Waals surface area (Å²) in [6.07, 6.45) is 1.25. The van der Waals surface area contributed by atoms with Gasteiger partial charge >= 0.3 is 0 Å². The quantitative estimate of drug-likeness (QED) is 0.460. The minimum Gasteiger partial charge on any atom is -0.424 e. The van der Waals surface area contributed by atoms with Crippen molar-refractivity contribution in [2.75, 3.05) is 0 Å². The van der Waals surface area contributed by atoms with E-state index in [1.54, 1.807) is 0 Å². The Hall–Kier alpha value is -2.93. The number of nitrogens with zero attached hydrogens (tertiary/aromatic N) is 4. The maximum atomic E-state index is 5.68. The van der Waals surface area contributed by atoms with Gasteiger partial charge < -0.3 is 8.83 Å². The van der Waals surface area contributed by atoms with E-state index >= 15 is 0 Å². The molecule has 0 unspecified atom stereocenters. The van der Waals surface area contributed by atoms with Gasteiger partial charge in [-0.1, -0.05) is 72.4 Å². The van der Waals surface area contributed by atoms with E-state index in [9.17, 15) is 0 Å². The van der Waals surface area contributed by atoms with Crippen LogP contribution in [0.15, 0.2) is 74.7 Å². The van der Waals surface area contributed by atoms with Gasteiger partial charge in [-0.3, -0.25) is 0 Å². The molecule has 0 saturated heterocycles. The summed E-state index contributed by atoms with van der Waals surface area (Å²) >= 11 is 1.39. The highest BCUT2D eigenvalue weighted by Gasteiger charge is 2.11. The zero-order valence-electron chi connectivity index (χ0n) is 13.9. The van der Waals surface area contributed by atoms with E-state index in [0.717, 1.165) is 11.1 Å². The van der Waals surface area contributed by atoms with Crippen LogP contribution in [0.4, 0.5) is 0 Å². The van der Waals surface area contributed by atoms with E-state index in [1.165, 1.54) is 11.8 Å². The van der Waals surface area contributed by atoms with Gasteiger partial charge in [-0.2, -0.15) is 0 Å². The summed E-state index contributed by atoms with van der Waals surface area (Å²) in [5.41, 5.74) is 2.27. The number of benzene rings is 2. The molecule has 0 fully saturated rings. The Balaban J connectivity index is 1.32. The molecule has 0 N–H and O–H groups in total. The molecule has 4 rings (SSSR count). The van der Waals surface area contributed by atoms with E-state index in [-0.39, 0.29) is 0 Å². The van der Waals surface area contributed by atoms with Crippen molar-refractivity contribution >= 4 is 11.8 Å². The predicted molar refractivity (Wildman–Crippen MR) is 96.7 cm³/mol. The molecule has 0 radical (unpaired) electrons. The van der Waals surface area contributed by atoms with Gasteiger partial charge in [-0.15, -0.1) is 20.4 Å². The van der Waals surface area contributed by atoms with E-state index in [1.807, 2.05) is 60.7 Å². The minimum absolute atomic E-state index is 0.495. The van der Waals surface area contributed by atoms with Crippen LogP contribution in [0.1, 0.15) is 28.8 Å². The maximum Gasteiger partial charge on any atom is 0.277 e. The topological polar surface area (TPSA) is 77.8 Å². The first-order valence-corrected chi connectivity index (χ1v) is 9.18. The molecule has 0 spiro atoms. The third-order valence-corrected chi connectivity index (χ3v) is 4.48. The van der Waals surface area contributed by atoms with Gasteiger partial charge in [0.2, 0.25) is 17.7 Å². The molecular formula is C19H16N4O2S. The van der Waals surface area contributed by atoms with E-state index in [4.69, 9.17) is 8.83 Å². The van der Waals surface area contributed by atoms with Crippen LogP contribution in [-0.4, -0.2) is 20.4 Å². The molecule has 2 aromatic heterocycles. The second-order valence-corrected chi connectivity index (χ2v) is 6.59. The zero-order chi connectivity index (χ0) is 17.6. The maximum absolute atomic E-state index is 5.68. The third-order valence-electron chi connectivity index (χ3n) is 3.67. The SMILES string of the molecule is c1ccc(Cc2nnc(CSc3nnc(Cc4ccccc4)o3)o2)cc1. The molecule has 0 aliphatic rings. The first-order valence-electron chi connectivity index (χ1n) is 8.19. The second kappa shape index (κ2) is 7.97. The average Bonchev–Trinajstić information content (AvgIpc) is 3.31. The fourth-order valence-corrected chi connectivity index (χ4v) is 3.07. The lowest BCUT2D eigenvalue weighted by atomic mass is 10.2. The van der Waals surface area contributed by atoms with Crippen LogP contribution in [0.3, 0.4) is 0 Å². The van der Waals surface area contributed by atoms with E-state index < -0.39 is 0 Å². The lowest BCUT2D eigenvalue weighted by molar-refractivity contribution is 0.419. The van der Waals surface area contributed by atoms with Crippen LogP contribution >= 0.6 is 11.8 Å². The van der Waals surface area contributed by atoms with E-state index in [2.05, 4.69) is 20.4 Å². The van der Waals surface area contributed by atoms with Crippen molar-refractivity contribution in [2.45, 2.75) is 23.8 Å². The smallest absolute Gasteiger partial charge is 0.277 e. The predicted octanol–water partition coefficient (Wildman–Crippen LogP) is 3.93. The minimum atomic E-state index is 0.495. The summed E-state index contributed by atoms with van der Waals surface area (Å²) in [5, 5.41) is 16.8. The first-order chi connectivity index (χ1) is 12.8. The summed E-state index contributed by atoms with van der Waals surface area (Å²) < 4.78 is 11.3. The Labute approximate surface area is 154 Å². The molecule has 4 aromatic rings. The van der Waals surface area contributed by atoms with Crippen molar-refractivity contribution in [1.82, 2.24) is 20.4 Å². The van der Waals surface area contributed by atoms with Crippen molar-refractivity contribution in [3.8, 4) is 0 Å². The standard InChI is InChI=1S/C19H16N4O2S/c1-3-7-14(8-4-1)11-16-20-22-18(24-16)13-26-19-23-21-17(25-19)12-15-9-5-2-6-10-15/h1-10H,11-13H2. The zero-order valence-corrected chi connectivity index (χ0v) is 14.7. The van der Waals surface area contributed by atoms with Crippen LogP contribution in [0.5, 0.6) is 0 Å². The molecule has 0 aliphatic heterocycles. The molecule has 7 heteroatoms. The Morgan fingerprint density at radius 1 is 0.615 bits per heavy atom. The summed E-state index contributed by atoms with van der Waals surface area (Å²) in [4.78, 5) is 0. The Morgan fingerprint density at radius 3 is 1.81 bits per heavy atom. The van der Waals surface area contributed by atoms with Crippen LogP contribution in [0.2, 0.25) is 0 Å². The summed E-state index contributed by atoms with van der Waals surface area (Å²) in [5.74, 6) is 2.23. The first kappa shape index (κ1) is 16.5. The molecule has 0 bridgehead atoms. The summed E-state index contributed by atoms with van der Waals surface area (Å²) in [6, 6.07) is 20.1. The molecule has 0 amide bonds. The van der Waals surface area contributed by atoms with Gasteiger partial charge in [0.25, 0.3) is 5.22 Å². The van der Waals surface area contributed by atoms with Crippen LogP contribution < -0.4 is 0 Å². The van der Waals surface area contributed by atoms with Gasteiger partial charge in [0, 0.05) is 0 Å². The molecule has 0 aliphatic carbocycles. The number of hydrogen-bond acceptors (Lipinski definition) is 7. The largest absolute Gasteiger partial charge is 0.424 e. The normalized spacial score (nSPS) is 10.9. The monoisotopic (exact) mass is 364 g/mol. The van der Waals surface area contributed by atoms with Crippen molar-refractivity contribution in [3.63, 3.8) is 0 Å². The van der Waals surface area contributed by atoms with Crippen molar-refractivity contribution in [2.24, 2.45) is 0 Å². The average molecular weight is 364 g/mol. The van der Waals surface area contributed by atoms with Crippen molar-refractivity contribution in [1.29, 1.82) is 0 Å². The molecule has 0 saturated carbocycles.